The molecule has 0 bridgehead atoms. The molecule has 2 atom stereocenters. The number of urea groups is 1. The quantitative estimate of drug-likeness (QED) is 0.797. The van der Waals surface area contributed by atoms with Gasteiger partial charge in [0.2, 0.25) is 0 Å². The van der Waals surface area contributed by atoms with Crippen LogP contribution < -0.4 is 10.6 Å². The third-order valence-corrected chi connectivity index (χ3v) is 3.98. The van der Waals surface area contributed by atoms with Crippen LogP contribution >= 0.6 is 0 Å². The number of benzene rings is 1. The van der Waals surface area contributed by atoms with Crippen molar-refractivity contribution in [3.63, 3.8) is 0 Å². The zero-order valence-electron chi connectivity index (χ0n) is 12.4. The highest BCUT2D eigenvalue weighted by molar-refractivity contribution is 5.89. The van der Waals surface area contributed by atoms with Crippen molar-refractivity contribution in [3.05, 3.63) is 29.8 Å². The molecule has 1 fully saturated rings. The summed E-state index contributed by atoms with van der Waals surface area (Å²) in [6.45, 7) is 4.22. The minimum absolute atomic E-state index is 0.280. The first kappa shape index (κ1) is 15.4. The lowest BCUT2D eigenvalue weighted by Crippen LogP contribution is -2.42. The monoisotopic (exact) mass is 290 g/mol. The summed E-state index contributed by atoms with van der Waals surface area (Å²) in [5.74, 6) is -0.860. The van der Waals surface area contributed by atoms with Crippen LogP contribution in [0.25, 0.3) is 0 Å². The van der Waals surface area contributed by atoms with Crippen LogP contribution in [0.1, 0.15) is 44.6 Å². The second kappa shape index (κ2) is 6.61. The fourth-order valence-electron chi connectivity index (χ4n) is 2.72. The molecule has 1 aliphatic carbocycles. The zero-order valence-corrected chi connectivity index (χ0v) is 12.4. The average Bonchev–Trinajstić information content (AvgIpc) is 2.87. The lowest BCUT2D eigenvalue weighted by atomic mass is 10.0. The van der Waals surface area contributed by atoms with E-state index in [1.807, 2.05) is 24.3 Å². The standard InChI is InChI=1S/C16H22N2O3/c1-10(2)11-6-8-12(9-7-11)17-16(21)18-14-5-3-4-13(14)15(19)20/h6-10,13-14H,3-5H2,1-2H3,(H,19,20)(H2,17,18,21). The van der Waals surface area contributed by atoms with Gasteiger partial charge in [0.15, 0.2) is 0 Å². The maximum Gasteiger partial charge on any atom is 0.319 e. The number of aliphatic carboxylic acids is 1. The summed E-state index contributed by atoms with van der Waals surface area (Å²) < 4.78 is 0. The molecule has 1 aliphatic rings. The molecule has 1 aromatic rings. The molecule has 21 heavy (non-hydrogen) atoms. The number of amides is 2. The zero-order chi connectivity index (χ0) is 15.4. The van der Waals surface area contributed by atoms with Crippen molar-refractivity contribution in [2.45, 2.75) is 45.1 Å². The topological polar surface area (TPSA) is 78.4 Å². The van der Waals surface area contributed by atoms with E-state index in [4.69, 9.17) is 5.11 Å². The van der Waals surface area contributed by atoms with Gasteiger partial charge in [-0.2, -0.15) is 0 Å². The molecule has 0 aromatic heterocycles. The molecule has 0 aliphatic heterocycles. The second-order valence-corrected chi connectivity index (χ2v) is 5.86. The van der Waals surface area contributed by atoms with E-state index in [1.165, 1.54) is 5.56 Å². The number of rotatable bonds is 4. The molecule has 114 valence electrons. The van der Waals surface area contributed by atoms with Gasteiger partial charge in [0.05, 0.1) is 5.92 Å². The van der Waals surface area contributed by atoms with Gasteiger partial charge in [-0.15, -0.1) is 0 Å². The smallest absolute Gasteiger partial charge is 0.319 e. The van der Waals surface area contributed by atoms with Crippen molar-refractivity contribution < 1.29 is 14.7 Å². The van der Waals surface area contributed by atoms with Gasteiger partial charge in [0.25, 0.3) is 0 Å². The van der Waals surface area contributed by atoms with Crippen molar-refractivity contribution in [1.82, 2.24) is 5.32 Å². The molecular weight excluding hydrogens is 268 g/mol. The fraction of sp³-hybridized carbons (Fsp3) is 0.500. The molecular formula is C16H22N2O3. The molecule has 2 rings (SSSR count). The van der Waals surface area contributed by atoms with E-state index >= 15 is 0 Å². The largest absolute Gasteiger partial charge is 0.481 e. The minimum Gasteiger partial charge on any atom is -0.481 e. The van der Waals surface area contributed by atoms with Crippen LogP contribution in [-0.4, -0.2) is 23.1 Å². The molecule has 2 amide bonds. The Labute approximate surface area is 124 Å². The molecule has 3 N–H and O–H groups in total. The van der Waals surface area contributed by atoms with Crippen molar-refractivity contribution in [2.75, 3.05) is 5.32 Å². The normalized spacial score (nSPS) is 21.3. The number of carbonyl (C=O) groups is 2. The van der Waals surface area contributed by atoms with Gasteiger partial charge in [-0.3, -0.25) is 4.79 Å². The Hall–Kier alpha value is -2.04. The van der Waals surface area contributed by atoms with Crippen LogP contribution in [0.5, 0.6) is 0 Å². The Kier molecular flexibility index (Phi) is 4.83. The molecule has 0 spiro atoms. The number of nitrogens with one attached hydrogen (secondary N) is 2. The van der Waals surface area contributed by atoms with Gasteiger partial charge in [0, 0.05) is 11.7 Å². The highest BCUT2D eigenvalue weighted by Crippen LogP contribution is 2.26. The van der Waals surface area contributed by atoms with Crippen LogP contribution in [0.3, 0.4) is 0 Å². The predicted molar refractivity (Wildman–Crippen MR) is 81.5 cm³/mol. The summed E-state index contributed by atoms with van der Waals surface area (Å²) in [6, 6.07) is 7.06. The van der Waals surface area contributed by atoms with Gasteiger partial charge in [-0.05, 0) is 36.5 Å². The number of hydrogen-bond donors (Lipinski definition) is 3. The Morgan fingerprint density at radius 3 is 2.43 bits per heavy atom. The van der Waals surface area contributed by atoms with Crippen LogP contribution in [0.4, 0.5) is 10.5 Å². The van der Waals surface area contributed by atoms with Gasteiger partial charge < -0.3 is 15.7 Å². The summed E-state index contributed by atoms with van der Waals surface area (Å²) in [7, 11) is 0. The van der Waals surface area contributed by atoms with E-state index in [2.05, 4.69) is 24.5 Å². The highest BCUT2D eigenvalue weighted by Gasteiger charge is 2.33. The van der Waals surface area contributed by atoms with Gasteiger partial charge in [-0.1, -0.05) is 32.4 Å². The SMILES string of the molecule is CC(C)c1ccc(NC(=O)NC2CCCC2C(=O)O)cc1. The molecule has 5 heteroatoms. The number of anilines is 1. The second-order valence-electron chi connectivity index (χ2n) is 5.86. The summed E-state index contributed by atoms with van der Waals surface area (Å²) in [4.78, 5) is 23.0. The molecule has 0 saturated heterocycles. The maximum atomic E-state index is 11.9. The lowest BCUT2D eigenvalue weighted by Gasteiger charge is -2.18. The summed E-state index contributed by atoms with van der Waals surface area (Å²) in [5.41, 5.74) is 1.92. The third kappa shape index (κ3) is 3.97. The number of carboxylic acids is 1. The van der Waals surface area contributed by atoms with E-state index in [0.717, 1.165) is 12.8 Å². The van der Waals surface area contributed by atoms with Gasteiger partial charge in [-0.25, -0.2) is 4.79 Å². The first-order valence-electron chi connectivity index (χ1n) is 7.37. The Balaban J connectivity index is 1.91. The van der Waals surface area contributed by atoms with Crippen LogP contribution in [0.2, 0.25) is 0 Å². The van der Waals surface area contributed by atoms with E-state index in [-0.39, 0.29) is 12.1 Å². The van der Waals surface area contributed by atoms with Crippen molar-refractivity contribution in [3.8, 4) is 0 Å². The Morgan fingerprint density at radius 2 is 1.86 bits per heavy atom. The first-order chi connectivity index (χ1) is 9.97. The van der Waals surface area contributed by atoms with E-state index in [0.29, 0.717) is 18.0 Å². The van der Waals surface area contributed by atoms with Gasteiger partial charge >= 0.3 is 12.0 Å². The first-order valence-corrected chi connectivity index (χ1v) is 7.37. The minimum atomic E-state index is -0.834. The summed E-state index contributed by atoms with van der Waals surface area (Å²) >= 11 is 0. The van der Waals surface area contributed by atoms with Crippen molar-refractivity contribution in [1.29, 1.82) is 0 Å². The number of hydrogen-bond acceptors (Lipinski definition) is 2. The van der Waals surface area contributed by atoms with Gasteiger partial charge in [0.1, 0.15) is 0 Å². The molecule has 0 radical (unpaired) electrons. The summed E-state index contributed by atoms with van der Waals surface area (Å²) in [6.07, 6.45) is 2.19. The maximum absolute atomic E-state index is 11.9. The van der Waals surface area contributed by atoms with Crippen molar-refractivity contribution in [2.24, 2.45) is 5.92 Å². The third-order valence-electron chi connectivity index (χ3n) is 3.98. The van der Waals surface area contributed by atoms with E-state index in [9.17, 15) is 9.59 Å². The Bertz CT molecular complexity index is 511. The van der Waals surface area contributed by atoms with E-state index < -0.39 is 11.9 Å². The molecule has 0 heterocycles. The van der Waals surface area contributed by atoms with Crippen LogP contribution in [-0.2, 0) is 4.79 Å². The molecule has 2 unspecified atom stereocenters. The fourth-order valence-corrected chi connectivity index (χ4v) is 2.72. The summed E-state index contributed by atoms with van der Waals surface area (Å²) in [5, 5.41) is 14.6. The van der Waals surface area contributed by atoms with Crippen LogP contribution in [0, 0.1) is 5.92 Å². The lowest BCUT2D eigenvalue weighted by molar-refractivity contribution is -0.142. The molecule has 1 saturated carbocycles. The molecule has 5 nitrogen and oxygen atoms in total. The predicted octanol–water partition coefficient (Wildman–Crippen LogP) is 3.18. The molecule has 1 aromatic carbocycles. The number of carboxylic acid groups (broad SMARTS) is 1. The average molecular weight is 290 g/mol. The van der Waals surface area contributed by atoms with E-state index in [1.54, 1.807) is 0 Å². The van der Waals surface area contributed by atoms with Crippen molar-refractivity contribution >= 4 is 17.7 Å². The number of carbonyl (C=O) groups excluding carboxylic acids is 1. The van der Waals surface area contributed by atoms with Crippen LogP contribution in [0.15, 0.2) is 24.3 Å². The Morgan fingerprint density at radius 1 is 1.19 bits per heavy atom. The highest BCUT2D eigenvalue weighted by atomic mass is 16.4.